The lowest BCUT2D eigenvalue weighted by Crippen LogP contribution is -2.39. The second-order valence-corrected chi connectivity index (χ2v) is 9.02. The molecule has 1 aliphatic rings. The standard InChI is InChI=1S/C25H20ClFN2O5S/c1-4-33-24(32)21-13(2)28-25-29(22(21)15-8-10-16(11-9-15)34-14(3)30)23(31)20(35-25)12-17-18(26)6-5-7-19(17)27/h5-12,22H,4H2,1-3H3/b20-12+. The number of hydrogen-bond acceptors (Lipinski definition) is 7. The summed E-state index contributed by atoms with van der Waals surface area (Å²) < 4.78 is 26.3. The Labute approximate surface area is 208 Å². The average Bonchev–Trinajstić information content (AvgIpc) is 3.10. The van der Waals surface area contributed by atoms with Gasteiger partial charge in [0, 0.05) is 12.5 Å². The van der Waals surface area contributed by atoms with Crippen LogP contribution < -0.4 is 19.6 Å². The van der Waals surface area contributed by atoms with E-state index in [1.807, 2.05) is 0 Å². The van der Waals surface area contributed by atoms with Crippen molar-refractivity contribution in [1.29, 1.82) is 0 Å². The van der Waals surface area contributed by atoms with Crippen molar-refractivity contribution in [3.63, 3.8) is 0 Å². The second kappa shape index (κ2) is 9.97. The summed E-state index contributed by atoms with van der Waals surface area (Å²) in [6, 6.07) is 9.88. The highest BCUT2D eigenvalue weighted by Gasteiger charge is 2.33. The molecule has 0 saturated carbocycles. The lowest BCUT2D eigenvalue weighted by Gasteiger charge is -2.24. The lowest BCUT2D eigenvalue weighted by molar-refractivity contribution is -0.139. The second-order valence-electron chi connectivity index (χ2n) is 7.60. The van der Waals surface area contributed by atoms with Gasteiger partial charge in [0.05, 0.1) is 33.5 Å². The Kier molecular flexibility index (Phi) is 7.00. The van der Waals surface area contributed by atoms with Crippen LogP contribution in [0, 0.1) is 5.82 Å². The summed E-state index contributed by atoms with van der Waals surface area (Å²) >= 11 is 7.21. The summed E-state index contributed by atoms with van der Waals surface area (Å²) in [6.07, 6.45) is 1.38. The summed E-state index contributed by atoms with van der Waals surface area (Å²) in [7, 11) is 0. The van der Waals surface area contributed by atoms with Crippen LogP contribution in [0.5, 0.6) is 5.75 Å². The van der Waals surface area contributed by atoms with Crippen LogP contribution in [-0.4, -0.2) is 23.1 Å². The zero-order valence-corrected chi connectivity index (χ0v) is 20.6. The number of fused-ring (bicyclic) bond motifs is 1. The van der Waals surface area contributed by atoms with Gasteiger partial charge in [0.1, 0.15) is 11.6 Å². The van der Waals surface area contributed by atoms with E-state index >= 15 is 0 Å². The number of halogens is 2. The molecule has 0 fully saturated rings. The number of nitrogens with zero attached hydrogens (tertiary/aromatic N) is 2. The van der Waals surface area contributed by atoms with Crippen molar-refractivity contribution >= 4 is 41.0 Å². The first kappa shape index (κ1) is 24.6. The molecule has 1 aromatic heterocycles. The number of esters is 2. The van der Waals surface area contributed by atoms with Gasteiger partial charge in [-0.3, -0.25) is 14.2 Å². The molecule has 0 saturated heterocycles. The van der Waals surface area contributed by atoms with Gasteiger partial charge in [-0.25, -0.2) is 14.2 Å². The molecular formula is C25H20ClFN2O5S. The SMILES string of the molecule is CCOC(=O)C1=C(C)N=c2s/c(=C/c3c(F)cccc3Cl)c(=O)n2C1c1ccc(OC(C)=O)cc1. The maximum Gasteiger partial charge on any atom is 0.338 e. The van der Waals surface area contributed by atoms with E-state index in [4.69, 9.17) is 21.1 Å². The van der Waals surface area contributed by atoms with Gasteiger partial charge in [-0.1, -0.05) is 41.1 Å². The molecule has 0 N–H and O–H groups in total. The van der Waals surface area contributed by atoms with Crippen LogP contribution in [0.4, 0.5) is 4.39 Å². The molecule has 0 amide bonds. The molecule has 3 aromatic rings. The predicted molar refractivity (Wildman–Crippen MR) is 130 cm³/mol. The minimum absolute atomic E-state index is 0.0862. The van der Waals surface area contributed by atoms with Gasteiger partial charge in [0.15, 0.2) is 4.80 Å². The molecule has 0 aliphatic carbocycles. The summed E-state index contributed by atoms with van der Waals surface area (Å²) in [6.45, 7) is 4.78. The maximum atomic E-state index is 14.4. The first-order chi connectivity index (χ1) is 16.7. The van der Waals surface area contributed by atoms with E-state index in [1.165, 1.54) is 35.8 Å². The number of benzene rings is 2. The zero-order valence-electron chi connectivity index (χ0n) is 19.0. The van der Waals surface area contributed by atoms with Gasteiger partial charge in [-0.15, -0.1) is 0 Å². The Morgan fingerprint density at radius 3 is 2.57 bits per heavy atom. The maximum absolute atomic E-state index is 14.4. The van der Waals surface area contributed by atoms with Gasteiger partial charge in [-0.05, 0) is 49.8 Å². The topological polar surface area (TPSA) is 87.0 Å². The van der Waals surface area contributed by atoms with E-state index in [0.717, 1.165) is 11.3 Å². The smallest absolute Gasteiger partial charge is 0.338 e. The number of hydrogen-bond donors (Lipinski definition) is 0. The molecule has 1 unspecified atom stereocenters. The van der Waals surface area contributed by atoms with Gasteiger partial charge < -0.3 is 9.47 Å². The molecule has 7 nitrogen and oxygen atoms in total. The third-order valence-electron chi connectivity index (χ3n) is 5.25. The van der Waals surface area contributed by atoms with E-state index in [0.29, 0.717) is 21.8 Å². The molecule has 180 valence electrons. The largest absolute Gasteiger partial charge is 0.463 e. The fraction of sp³-hybridized carbons (Fsp3) is 0.200. The third-order valence-corrected chi connectivity index (χ3v) is 6.56. The molecule has 1 aliphatic heterocycles. The first-order valence-corrected chi connectivity index (χ1v) is 11.8. The van der Waals surface area contributed by atoms with Crippen LogP contribution in [-0.2, 0) is 14.3 Å². The summed E-state index contributed by atoms with van der Waals surface area (Å²) in [5.74, 6) is -1.32. The predicted octanol–water partition coefficient (Wildman–Crippen LogP) is 3.52. The number of aromatic nitrogens is 1. The lowest BCUT2D eigenvalue weighted by atomic mass is 9.96. The highest BCUT2D eigenvalue weighted by Crippen LogP contribution is 2.31. The molecule has 2 heterocycles. The van der Waals surface area contributed by atoms with Crippen molar-refractivity contribution in [2.24, 2.45) is 4.99 Å². The molecule has 0 radical (unpaired) electrons. The van der Waals surface area contributed by atoms with Crippen LogP contribution in [0.1, 0.15) is 37.9 Å². The molecule has 1 atom stereocenters. The van der Waals surface area contributed by atoms with Gasteiger partial charge >= 0.3 is 11.9 Å². The van der Waals surface area contributed by atoms with Crippen molar-refractivity contribution in [3.05, 3.63) is 95.4 Å². The third kappa shape index (κ3) is 4.82. The molecule has 4 rings (SSSR count). The monoisotopic (exact) mass is 514 g/mol. The van der Waals surface area contributed by atoms with Gasteiger partial charge in [0.2, 0.25) is 0 Å². The summed E-state index contributed by atoms with van der Waals surface area (Å²) in [5, 5.41) is 0.164. The van der Waals surface area contributed by atoms with Gasteiger partial charge in [0.25, 0.3) is 5.56 Å². The molecular weight excluding hydrogens is 495 g/mol. The summed E-state index contributed by atoms with van der Waals surface area (Å²) in [5.41, 5.74) is 0.804. The first-order valence-electron chi connectivity index (χ1n) is 10.6. The highest BCUT2D eigenvalue weighted by molar-refractivity contribution is 7.07. The number of carbonyl (C=O) groups is 2. The van der Waals surface area contributed by atoms with E-state index in [1.54, 1.807) is 38.1 Å². The Bertz CT molecular complexity index is 1520. The molecule has 0 spiro atoms. The minimum atomic E-state index is -0.852. The molecule has 0 bridgehead atoms. The summed E-state index contributed by atoms with van der Waals surface area (Å²) in [4.78, 5) is 42.6. The molecule has 10 heteroatoms. The Morgan fingerprint density at radius 1 is 1.23 bits per heavy atom. The van der Waals surface area contributed by atoms with E-state index in [-0.39, 0.29) is 27.3 Å². The zero-order chi connectivity index (χ0) is 25.3. The average molecular weight is 515 g/mol. The fourth-order valence-electron chi connectivity index (χ4n) is 3.77. The van der Waals surface area contributed by atoms with Crippen molar-refractivity contribution in [2.75, 3.05) is 6.61 Å². The van der Waals surface area contributed by atoms with Crippen LogP contribution in [0.2, 0.25) is 5.02 Å². The van der Waals surface area contributed by atoms with Crippen molar-refractivity contribution in [2.45, 2.75) is 26.8 Å². The van der Waals surface area contributed by atoms with E-state index in [2.05, 4.69) is 4.99 Å². The van der Waals surface area contributed by atoms with Crippen LogP contribution in [0.25, 0.3) is 6.08 Å². The number of ether oxygens (including phenoxy) is 2. The minimum Gasteiger partial charge on any atom is -0.463 e. The van der Waals surface area contributed by atoms with Crippen LogP contribution >= 0.6 is 22.9 Å². The molecule has 35 heavy (non-hydrogen) atoms. The normalized spacial score (nSPS) is 15.5. The number of carbonyl (C=O) groups excluding carboxylic acids is 2. The van der Waals surface area contributed by atoms with Crippen LogP contribution in [0.3, 0.4) is 0 Å². The Hall–Kier alpha value is -3.56. The number of allylic oxidation sites excluding steroid dienone is 1. The van der Waals surface area contributed by atoms with Crippen LogP contribution in [0.15, 0.2) is 63.5 Å². The quantitative estimate of drug-likeness (QED) is 0.384. The van der Waals surface area contributed by atoms with Gasteiger partial charge in [-0.2, -0.15) is 0 Å². The van der Waals surface area contributed by atoms with E-state index < -0.39 is 29.4 Å². The Morgan fingerprint density at radius 2 is 1.94 bits per heavy atom. The van der Waals surface area contributed by atoms with Crippen molar-refractivity contribution in [3.8, 4) is 5.75 Å². The molecule has 2 aromatic carbocycles. The number of thiazole rings is 1. The van der Waals surface area contributed by atoms with Crippen molar-refractivity contribution in [1.82, 2.24) is 4.57 Å². The highest BCUT2D eigenvalue weighted by atomic mass is 35.5. The Balaban J connectivity index is 1.94. The van der Waals surface area contributed by atoms with E-state index in [9.17, 15) is 18.8 Å². The number of rotatable bonds is 5. The van der Waals surface area contributed by atoms with Crippen molar-refractivity contribution < 1.29 is 23.5 Å². The fourth-order valence-corrected chi connectivity index (χ4v) is 5.02.